The number of carbonyl (C=O) groups excluding carboxylic acids is 1. The van der Waals surface area contributed by atoms with Crippen LogP contribution in [-0.2, 0) is 9.84 Å². The van der Waals surface area contributed by atoms with Crippen LogP contribution >= 0.6 is 11.6 Å². The zero-order valence-corrected chi connectivity index (χ0v) is 20.7. The van der Waals surface area contributed by atoms with Gasteiger partial charge in [0.25, 0.3) is 5.91 Å². The van der Waals surface area contributed by atoms with Gasteiger partial charge in [-0.3, -0.25) is 4.79 Å². The van der Waals surface area contributed by atoms with Crippen molar-refractivity contribution in [3.8, 4) is 17.3 Å². The minimum Gasteiger partial charge on any atom is -0.406 e. The van der Waals surface area contributed by atoms with Gasteiger partial charge in [-0.25, -0.2) is 28.4 Å². The molecule has 1 unspecified atom stereocenters. The molecule has 0 saturated carbocycles. The molecule has 14 heteroatoms. The third-order valence-corrected chi connectivity index (χ3v) is 6.32. The number of hydrogen-bond donors (Lipinski definition) is 1. The third kappa shape index (κ3) is 6.30. The van der Waals surface area contributed by atoms with Gasteiger partial charge in [0.2, 0.25) is 0 Å². The van der Waals surface area contributed by atoms with Crippen molar-refractivity contribution in [3.05, 3.63) is 71.1 Å². The largest absolute Gasteiger partial charge is 0.573 e. The summed E-state index contributed by atoms with van der Waals surface area (Å²) in [4.78, 5) is 30.1. The molecule has 37 heavy (non-hydrogen) atoms. The molecule has 1 atom stereocenters. The average molecular weight is 552 g/mol. The molecule has 192 valence electrons. The van der Waals surface area contributed by atoms with Crippen molar-refractivity contribution in [2.75, 3.05) is 6.26 Å². The maximum absolute atomic E-state index is 13.0. The van der Waals surface area contributed by atoms with Crippen LogP contribution in [0.15, 0.2) is 59.8 Å². The molecule has 2 aromatic carbocycles. The highest BCUT2D eigenvalue weighted by Gasteiger charge is 2.32. The second-order valence-electron chi connectivity index (χ2n) is 7.87. The first-order valence-corrected chi connectivity index (χ1v) is 12.7. The van der Waals surface area contributed by atoms with E-state index in [2.05, 4.69) is 30.0 Å². The lowest BCUT2D eigenvalue weighted by molar-refractivity contribution is -0.274. The predicted octanol–water partition coefficient (Wildman–Crippen LogP) is 4.53. The van der Waals surface area contributed by atoms with E-state index in [0.29, 0.717) is 22.1 Å². The van der Waals surface area contributed by atoms with Crippen LogP contribution in [0.5, 0.6) is 5.75 Å². The Labute approximate surface area is 213 Å². The Bertz CT molecular complexity index is 1600. The Morgan fingerprint density at radius 1 is 1.05 bits per heavy atom. The van der Waals surface area contributed by atoms with Crippen LogP contribution in [-0.4, -0.2) is 46.9 Å². The Balaban J connectivity index is 1.75. The van der Waals surface area contributed by atoms with E-state index in [0.717, 1.165) is 18.4 Å². The van der Waals surface area contributed by atoms with Crippen LogP contribution in [0.1, 0.15) is 29.0 Å². The molecule has 0 bridgehead atoms. The minimum absolute atomic E-state index is 0.225. The summed E-state index contributed by atoms with van der Waals surface area (Å²) in [6, 6.07) is 8.04. The maximum Gasteiger partial charge on any atom is 0.573 e. The molecule has 0 saturated heterocycles. The van der Waals surface area contributed by atoms with Crippen LogP contribution in [0.25, 0.3) is 22.6 Å². The number of nitrogens with one attached hydrogen (secondary N) is 1. The Morgan fingerprint density at radius 3 is 2.41 bits per heavy atom. The van der Waals surface area contributed by atoms with Gasteiger partial charge in [-0.2, -0.15) is 0 Å². The number of ether oxygens (including phenoxy) is 1. The van der Waals surface area contributed by atoms with Crippen LogP contribution in [0.2, 0.25) is 5.02 Å². The van der Waals surface area contributed by atoms with Gasteiger partial charge >= 0.3 is 6.36 Å². The molecular weight excluding hydrogens is 535 g/mol. The van der Waals surface area contributed by atoms with Crippen molar-refractivity contribution < 1.29 is 31.1 Å². The standard InChI is InChI=1S/C23H17ClF3N5O4S/c1-12(30-22(33)13-8-15(36-23(25,26)27)11-16(9-13)37(2,34)35)19-20(21-28-6-3-7-29-21)31-17-5-4-14(24)10-18(17)32-19/h3-12H,1-2H3,(H,30,33). The van der Waals surface area contributed by atoms with Crippen LogP contribution < -0.4 is 10.1 Å². The fourth-order valence-electron chi connectivity index (χ4n) is 3.39. The monoisotopic (exact) mass is 551 g/mol. The van der Waals surface area contributed by atoms with Crippen LogP contribution in [0.4, 0.5) is 13.2 Å². The van der Waals surface area contributed by atoms with Crippen molar-refractivity contribution in [2.24, 2.45) is 0 Å². The molecule has 0 spiro atoms. The summed E-state index contributed by atoms with van der Waals surface area (Å²) in [5.41, 5.74) is 1.05. The number of sulfone groups is 1. The summed E-state index contributed by atoms with van der Waals surface area (Å²) >= 11 is 6.08. The Hall–Kier alpha value is -3.84. The average Bonchev–Trinajstić information content (AvgIpc) is 2.81. The van der Waals surface area contributed by atoms with Crippen LogP contribution in [0.3, 0.4) is 0 Å². The van der Waals surface area contributed by atoms with Gasteiger partial charge in [-0.05, 0) is 49.4 Å². The second-order valence-corrected chi connectivity index (χ2v) is 10.3. The summed E-state index contributed by atoms with van der Waals surface area (Å²) in [7, 11) is -3.97. The number of alkyl halides is 3. The number of hydrogen-bond acceptors (Lipinski definition) is 8. The fraction of sp³-hybridized carbons (Fsp3) is 0.174. The van der Waals surface area contributed by atoms with E-state index in [1.165, 1.54) is 12.4 Å². The quantitative estimate of drug-likeness (QED) is 0.370. The molecule has 4 rings (SSSR count). The molecule has 0 aliphatic heterocycles. The van der Waals surface area contributed by atoms with E-state index in [9.17, 15) is 26.4 Å². The van der Waals surface area contributed by atoms with Crippen LogP contribution in [0, 0.1) is 0 Å². The van der Waals surface area contributed by atoms with Crippen molar-refractivity contribution in [1.29, 1.82) is 0 Å². The first kappa shape index (κ1) is 26.2. The van der Waals surface area contributed by atoms with Gasteiger partial charge in [-0.1, -0.05) is 11.6 Å². The third-order valence-electron chi connectivity index (χ3n) is 4.99. The zero-order valence-electron chi connectivity index (χ0n) is 19.1. The highest BCUT2D eigenvalue weighted by atomic mass is 35.5. The lowest BCUT2D eigenvalue weighted by Crippen LogP contribution is -2.28. The van der Waals surface area contributed by atoms with Crippen molar-refractivity contribution in [1.82, 2.24) is 25.3 Å². The molecule has 9 nitrogen and oxygen atoms in total. The van der Waals surface area contributed by atoms with Crippen molar-refractivity contribution >= 4 is 38.4 Å². The predicted molar refractivity (Wildman–Crippen MR) is 128 cm³/mol. The summed E-state index contributed by atoms with van der Waals surface area (Å²) in [6.45, 7) is 1.57. The summed E-state index contributed by atoms with van der Waals surface area (Å²) in [6.07, 6.45) is -1.29. The normalized spacial score (nSPS) is 12.8. The molecule has 0 aliphatic rings. The van der Waals surface area contributed by atoms with E-state index in [4.69, 9.17) is 11.6 Å². The van der Waals surface area contributed by atoms with Gasteiger partial charge in [0.1, 0.15) is 11.4 Å². The highest BCUT2D eigenvalue weighted by Crippen LogP contribution is 2.29. The molecule has 1 N–H and O–H groups in total. The van der Waals surface area contributed by atoms with Gasteiger partial charge in [-0.15, -0.1) is 13.2 Å². The smallest absolute Gasteiger partial charge is 0.406 e. The number of carbonyl (C=O) groups is 1. The number of rotatable bonds is 6. The molecular formula is C23H17ClF3N5O4S. The molecule has 1 amide bonds. The Kier molecular flexibility index (Phi) is 7.02. The van der Waals surface area contributed by atoms with Crippen molar-refractivity contribution in [2.45, 2.75) is 24.2 Å². The first-order chi connectivity index (χ1) is 17.3. The summed E-state index contributed by atoms with van der Waals surface area (Å²) in [5, 5.41) is 3.01. The zero-order chi connectivity index (χ0) is 27.0. The van der Waals surface area contributed by atoms with Gasteiger partial charge in [0.05, 0.1) is 27.7 Å². The fourth-order valence-corrected chi connectivity index (χ4v) is 4.22. The van der Waals surface area contributed by atoms with Gasteiger partial charge < -0.3 is 10.1 Å². The second kappa shape index (κ2) is 9.90. The minimum atomic E-state index is -5.09. The summed E-state index contributed by atoms with van der Waals surface area (Å²) in [5.74, 6) is -1.51. The maximum atomic E-state index is 13.0. The molecule has 4 aromatic rings. The lowest BCUT2D eigenvalue weighted by Gasteiger charge is -2.18. The molecule has 2 heterocycles. The van der Waals surface area contributed by atoms with E-state index >= 15 is 0 Å². The van der Waals surface area contributed by atoms with Gasteiger partial charge in [0, 0.05) is 29.2 Å². The number of nitrogens with zero attached hydrogens (tertiary/aromatic N) is 4. The lowest BCUT2D eigenvalue weighted by atomic mass is 10.1. The molecule has 0 radical (unpaired) electrons. The molecule has 0 fully saturated rings. The highest BCUT2D eigenvalue weighted by molar-refractivity contribution is 7.90. The van der Waals surface area contributed by atoms with Gasteiger partial charge in [0.15, 0.2) is 15.7 Å². The Morgan fingerprint density at radius 2 is 1.76 bits per heavy atom. The SMILES string of the molecule is CC(NC(=O)c1cc(OC(F)(F)F)cc(S(C)(=O)=O)c1)c1nc2cc(Cl)ccc2nc1-c1ncccn1. The van der Waals surface area contributed by atoms with E-state index in [-0.39, 0.29) is 22.8 Å². The topological polar surface area (TPSA) is 124 Å². The van der Waals surface area contributed by atoms with E-state index in [1.807, 2.05) is 0 Å². The number of halogens is 4. The number of benzene rings is 2. The number of fused-ring (bicyclic) bond motifs is 1. The number of aromatic nitrogens is 4. The first-order valence-electron chi connectivity index (χ1n) is 10.5. The van der Waals surface area contributed by atoms with E-state index in [1.54, 1.807) is 31.2 Å². The van der Waals surface area contributed by atoms with E-state index < -0.39 is 38.8 Å². The number of amides is 1. The molecule has 2 aromatic heterocycles. The molecule has 0 aliphatic carbocycles. The van der Waals surface area contributed by atoms with Crippen molar-refractivity contribution in [3.63, 3.8) is 0 Å². The summed E-state index contributed by atoms with van der Waals surface area (Å²) < 4.78 is 66.2.